The largest absolute Gasteiger partial charge is 0.478 e. The lowest BCUT2D eigenvalue weighted by Crippen LogP contribution is -2.46. The Labute approximate surface area is 155 Å². The highest BCUT2D eigenvalue weighted by Crippen LogP contribution is 2.25. The molecule has 0 saturated heterocycles. The molecule has 2 rings (SSSR count). The molecule has 2 aromatic carbocycles. The first-order valence-electron chi connectivity index (χ1n) is 7.89. The Bertz CT molecular complexity index is 775. The van der Waals surface area contributed by atoms with Crippen molar-refractivity contribution >= 4 is 23.5 Å². The van der Waals surface area contributed by atoms with Crippen LogP contribution < -0.4 is 10.1 Å². The number of halogens is 2. The first-order chi connectivity index (χ1) is 12.2. The monoisotopic (exact) mass is 379 g/mol. The van der Waals surface area contributed by atoms with Gasteiger partial charge in [-0.1, -0.05) is 23.7 Å². The summed E-state index contributed by atoms with van der Waals surface area (Å²) < 4.78 is 18.2. The highest BCUT2D eigenvalue weighted by molar-refractivity contribution is 6.30. The van der Waals surface area contributed by atoms with E-state index < -0.39 is 23.3 Å². The summed E-state index contributed by atoms with van der Waals surface area (Å²) in [6.45, 7) is 3.22. The van der Waals surface area contributed by atoms with Gasteiger partial charge in [-0.2, -0.15) is 0 Å². The lowest BCUT2D eigenvalue weighted by atomic mass is 9.84. The van der Waals surface area contributed by atoms with Crippen molar-refractivity contribution in [3.05, 3.63) is 64.9 Å². The van der Waals surface area contributed by atoms with Crippen molar-refractivity contribution in [1.29, 1.82) is 0 Å². The number of carbonyl (C=O) groups is 2. The van der Waals surface area contributed by atoms with Gasteiger partial charge in [-0.05, 0) is 55.8 Å². The van der Waals surface area contributed by atoms with E-state index in [1.807, 2.05) is 0 Å². The van der Waals surface area contributed by atoms with Crippen molar-refractivity contribution in [2.24, 2.45) is 0 Å². The Morgan fingerprint density at radius 3 is 2.27 bits per heavy atom. The molecule has 0 aliphatic heterocycles. The molecule has 1 amide bonds. The van der Waals surface area contributed by atoms with Crippen LogP contribution in [0.25, 0.3) is 0 Å². The summed E-state index contributed by atoms with van der Waals surface area (Å²) in [7, 11) is 0. The Hall–Kier alpha value is -2.60. The number of carboxylic acid groups (broad SMARTS) is 1. The van der Waals surface area contributed by atoms with Gasteiger partial charge in [0, 0.05) is 5.02 Å². The molecule has 1 unspecified atom stereocenters. The van der Waals surface area contributed by atoms with Crippen molar-refractivity contribution in [3.63, 3.8) is 0 Å². The number of benzene rings is 2. The fraction of sp³-hybridized carbons (Fsp3) is 0.263. The van der Waals surface area contributed by atoms with E-state index >= 15 is 0 Å². The van der Waals surface area contributed by atoms with Gasteiger partial charge in [0.25, 0.3) is 0 Å². The summed E-state index contributed by atoms with van der Waals surface area (Å²) in [6.07, 6.45) is -1.30. The number of hydrogen-bond donors (Lipinski definition) is 2. The summed E-state index contributed by atoms with van der Waals surface area (Å²) in [5.74, 6) is -1.85. The van der Waals surface area contributed by atoms with Gasteiger partial charge in [-0.3, -0.25) is 4.79 Å². The van der Waals surface area contributed by atoms with Crippen LogP contribution in [-0.2, 0) is 15.0 Å². The molecule has 2 N–H and O–H groups in total. The zero-order chi connectivity index (χ0) is 19.3. The van der Waals surface area contributed by atoms with Gasteiger partial charge >= 0.3 is 5.97 Å². The van der Waals surface area contributed by atoms with Crippen LogP contribution in [0, 0.1) is 5.82 Å². The molecule has 0 fully saturated rings. The van der Waals surface area contributed by atoms with Crippen molar-refractivity contribution in [2.45, 2.75) is 25.4 Å². The number of rotatable bonds is 7. The molecule has 0 heterocycles. The summed E-state index contributed by atoms with van der Waals surface area (Å²) in [4.78, 5) is 23.9. The van der Waals surface area contributed by atoms with Crippen LogP contribution in [0.5, 0.6) is 5.75 Å². The fourth-order valence-corrected chi connectivity index (χ4v) is 2.39. The Kier molecular flexibility index (Phi) is 6.21. The standard InChI is InChI=1S/C19H19ClFNO4/c1-19(2,12-3-5-13(20)6-4-12)18(25)22-11-16(17(23)24)26-15-9-7-14(21)8-10-15/h3-10,16H,11H2,1-2H3,(H,22,25)(H,23,24). The molecule has 2 aromatic rings. The van der Waals surface area contributed by atoms with E-state index in [1.165, 1.54) is 12.1 Å². The maximum absolute atomic E-state index is 12.9. The third-order valence-corrected chi connectivity index (χ3v) is 4.20. The minimum Gasteiger partial charge on any atom is -0.478 e. The minimum atomic E-state index is -1.30. The second kappa shape index (κ2) is 8.19. The van der Waals surface area contributed by atoms with E-state index in [4.69, 9.17) is 16.3 Å². The molecule has 0 saturated carbocycles. The number of carboxylic acids is 1. The molecule has 26 heavy (non-hydrogen) atoms. The van der Waals surface area contributed by atoms with E-state index in [0.29, 0.717) is 5.02 Å². The number of amides is 1. The van der Waals surface area contributed by atoms with Crippen LogP contribution >= 0.6 is 11.6 Å². The molecule has 138 valence electrons. The SMILES string of the molecule is CC(C)(C(=O)NCC(Oc1ccc(F)cc1)C(=O)O)c1ccc(Cl)cc1. The topological polar surface area (TPSA) is 75.6 Å². The lowest BCUT2D eigenvalue weighted by Gasteiger charge is -2.25. The maximum atomic E-state index is 12.9. The van der Waals surface area contributed by atoms with Crippen LogP contribution in [0.3, 0.4) is 0 Å². The van der Waals surface area contributed by atoms with Crippen LogP contribution in [0.15, 0.2) is 48.5 Å². The second-order valence-electron chi connectivity index (χ2n) is 6.24. The average Bonchev–Trinajstić information content (AvgIpc) is 2.60. The predicted molar refractivity (Wildman–Crippen MR) is 95.9 cm³/mol. The van der Waals surface area contributed by atoms with E-state index in [-0.39, 0.29) is 18.2 Å². The molecule has 0 aliphatic carbocycles. The Morgan fingerprint density at radius 1 is 1.15 bits per heavy atom. The normalized spacial score (nSPS) is 12.3. The zero-order valence-corrected chi connectivity index (χ0v) is 15.1. The van der Waals surface area contributed by atoms with Crippen molar-refractivity contribution in [3.8, 4) is 5.75 Å². The second-order valence-corrected chi connectivity index (χ2v) is 6.68. The number of ether oxygens (including phenoxy) is 1. The van der Waals surface area contributed by atoms with E-state index in [2.05, 4.69) is 5.32 Å². The van der Waals surface area contributed by atoms with Gasteiger partial charge in [0.15, 0.2) is 0 Å². The van der Waals surface area contributed by atoms with Gasteiger partial charge in [-0.15, -0.1) is 0 Å². The van der Waals surface area contributed by atoms with Crippen LogP contribution in [0.4, 0.5) is 4.39 Å². The quantitative estimate of drug-likeness (QED) is 0.773. The number of aliphatic carboxylic acids is 1. The molecule has 7 heteroatoms. The smallest absolute Gasteiger partial charge is 0.346 e. The number of nitrogens with one attached hydrogen (secondary N) is 1. The lowest BCUT2D eigenvalue weighted by molar-refractivity contribution is -0.145. The molecule has 0 aliphatic rings. The van der Waals surface area contributed by atoms with E-state index in [9.17, 15) is 19.1 Å². The summed E-state index contributed by atoms with van der Waals surface area (Å²) in [5.41, 5.74) is -0.144. The third-order valence-electron chi connectivity index (χ3n) is 3.95. The zero-order valence-electron chi connectivity index (χ0n) is 14.3. The maximum Gasteiger partial charge on any atom is 0.346 e. The summed E-state index contributed by atoms with van der Waals surface area (Å²) in [6, 6.07) is 11.8. The molecular weight excluding hydrogens is 361 g/mol. The predicted octanol–water partition coefficient (Wildman–Crippen LogP) is 3.41. The van der Waals surface area contributed by atoms with Gasteiger partial charge < -0.3 is 15.2 Å². The third kappa shape index (κ3) is 4.95. The van der Waals surface area contributed by atoms with Crippen molar-refractivity contribution < 1.29 is 23.8 Å². The molecule has 0 bridgehead atoms. The van der Waals surface area contributed by atoms with Crippen LogP contribution in [0.1, 0.15) is 19.4 Å². The van der Waals surface area contributed by atoms with Crippen molar-refractivity contribution in [1.82, 2.24) is 5.32 Å². The summed E-state index contributed by atoms with van der Waals surface area (Å²) >= 11 is 5.86. The molecule has 0 spiro atoms. The molecule has 5 nitrogen and oxygen atoms in total. The van der Waals surface area contributed by atoms with Crippen molar-refractivity contribution in [2.75, 3.05) is 6.54 Å². The van der Waals surface area contributed by atoms with Gasteiger partial charge in [-0.25, -0.2) is 9.18 Å². The minimum absolute atomic E-state index is 0.199. The molecular formula is C19H19ClFNO4. The summed E-state index contributed by atoms with van der Waals surface area (Å²) in [5, 5.41) is 12.4. The number of hydrogen-bond acceptors (Lipinski definition) is 3. The van der Waals surface area contributed by atoms with E-state index in [1.54, 1.807) is 38.1 Å². The fourth-order valence-electron chi connectivity index (χ4n) is 2.26. The Balaban J connectivity index is 2.03. The highest BCUT2D eigenvalue weighted by atomic mass is 35.5. The molecule has 1 atom stereocenters. The molecule has 0 aromatic heterocycles. The van der Waals surface area contributed by atoms with Gasteiger partial charge in [0.1, 0.15) is 11.6 Å². The number of carbonyl (C=O) groups excluding carboxylic acids is 1. The Morgan fingerprint density at radius 2 is 1.73 bits per heavy atom. The first kappa shape index (κ1) is 19.7. The van der Waals surface area contributed by atoms with Crippen LogP contribution in [-0.4, -0.2) is 29.6 Å². The first-order valence-corrected chi connectivity index (χ1v) is 8.27. The molecule has 0 radical (unpaired) electrons. The van der Waals surface area contributed by atoms with Gasteiger partial charge in [0.05, 0.1) is 12.0 Å². The van der Waals surface area contributed by atoms with E-state index in [0.717, 1.165) is 17.7 Å². The van der Waals surface area contributed by atoms with Gasteiger partial charge in [0.2, 0.25) is 12.0 Å². The average molecular weight is 380 g/mol. The highest BCUT2D eigenvalue weighted by Gasteiger charge is 2.31. The van der Waals surface area contributed by atoms with Crippen LogP contribution in [0.2, 0.25) is 5.02 Å².